The first-order valence-electron chi connectivity index (χ1n) is 5.11. The summed E-state index contributed by atoms with van der Waals surface area (Å²) in [5.74, 6) is 0.884. The third-order valence-electron chi connectivity index (χ3n) is 2.12. The fraction of sp³-hybridized carbons (Fsp3) is 0.417. The Balaban J connectivity index is 0.000000171. The maximum Gasteiger partial charge on any atom is 0.136 e. The molecular weight excluding hydrogens is 172 g/mol. The van der Waals surface area contributed by atoms with Gasteiger partial charge in [-0.25, -0.2) is 4.98 Å². The zero-order chi connectivity index (χ0) is 10.4. The van der Waals surface area contributed by atoms with Crippen LogP contribution < -0.4 is 0 Å². The van der Waals surface area contributed by atoms with E-state index in [0.717, 1.165) is 11.6 Å². The lowest BCUT2D eigenvalue weighted by Crippen LogP contribution is -1.77. The molecule has 2 nitrogen and oxygen atoms in total. The van der Waals surface area contributed by atoms with Crippen LogP contribution in [0.25, 0.3) is 5.65 Å². The van der Waals surface area contributed by atoms with E-state index in [1.807, 2.05) is 35.0 Å². The van der Waals surface area contributed by atoms with E-state index in [1.54, 1.807) is 6.20 Å². The summed E-state index contributed by atoms with van der Waals surface area (Å²) in [6.45, 7) is 6.64. The third-order valence-corrected chi connectivity index (χ3v) is 2.12. The number of pyridine rings is 1. The van der Waals surface area contributed by atoms with Crippen molar-refractivity contribution >= 4 is 5.65 Å². The molecule has 0 unspecified atom stereocenters. The minimum Gasteiger partial charge on any atom is -0.307 e. The molecule has 0 aromatic carbocycles. The van der Waals surface area contributed by atoms with Gasteiger partial charge < -0.3 is 4.40 Å². The van der Waals surface area contributed by atoms with Crippen LogP contribution in [0.5, 0.6) is 0 Å². The van der Waals surface area contributed by atoms with E-state index in [2.05, 4.69) is 25.8 Å². The average Bonchev–Trinajstić information content (AvgIpc) is 2.66. The Morgan fingerprint density at radius 1 is 1.29 bits per heavy atom. The van der Waals surface area contributed by atoms with E-state index >= 15 is 0 Å². The fourth-order valence-corrected chi connectivity index (χ4v) is 0.864. The van der Waals surface area contributed by atoms with Gasteiger partial charge in [0.25, 0.3) is 0 Å². The maximum atomic E-state index is 4.08. The number of hydrogen-bond donors (Lipinski definition) is 0. The van der Waals surface area contributed by atoms with E-state index < -0.39 is 0 Å². The van der Waals surface area contributed by atoms with Gasteiger partial charge in [0.05, 0.1) is 0 Å². The molecule has 2 heteroatoms. The van der Waals surface area contributed by atoms with E-state index in [0.29, 0.717) is 0 Å². The van der Waals surface area contributed by atoms with Crippen molar-refractivity contribution < 1.29 is 0 Å². The van der Waals surface area contributed by atoms with Gasteiger partial charge in [0.15, 0.2) is 0 Å². The molecule has 0 saturated carbocycles. The van der Waals surface area contributed by atoms with Gasteiger partial charge in [-0.15, -0.1) is 0 Å². The highest BCUT2D eigenvalue weighted by atomic mass is 15.0. The summed E-state index contributed by atoms with van der Waals surface area (Å²) in [4.78, 5) is 4.08. The zero-order valence-electron chi connectivity index (χ0n) is 9.14. The summed E-state index contributed by atoms with van der Waals surface area (Å²) in [6, 6.07) is 5.93. The summed E-state index contributed by atoms with van der Waals surface area (Å²) in [6.07, 6.45) is 6.99. The highest BCUT2D eigenvalue weighted by molar-refractivity contribution is 5.36. The molecular formula is C12H18N2. The summed E-state index contributed by atoms with van der Waals surface area (Å²) in [5.41, 5.74) is 0.998. The molecule has 0 aliphatic rings. The van der Waals surface area contributed by atoms with Crippen LogP contribution in [0.1, 0.15) is 27.2 Å². The van der Waals surface area contributed by atoms with Gasteiger partial charge >= 0.3 is 0 Å². The predicted octanol–water partition coefficient (Wildman–Crippen LogP) is 3.39. The van der Waals surface area contributed by atoms with E-state index in [4.69, 9.17) is 0 Å². The Labute approximate surface area is 85.6 Å². The van der Waals surface area contributed by atoms with Crippen LogP contribution >= 0.6 is 0 Å². The molecule has 0 spiro atoms. The predicted molar refractivity (Wildman–Crippen MR) is 60.3 cm³/mol. The van der Waals surface area contributed by atoms with Crippen LogP contribution in [0.4, 0.5) is 0 Å². The minimum atomic E-state index is 0.884. The van der Waals surface area contributed by atoms with Crippen molar-refractivity contribution in [3.63, 3.8) is 0 Å². The van der Waals surface area contributed by atoms with E-state index in [9.17, 15) is 0 Å². The van der Waals surface area contributed by atoms with Crippen molar-refractivity contribution in [1.29, 1.82) is 0 Å². The Morgan fingerprint density at radius 3 is 2.57 bits per heavy atom. The second kappa shape index (κ2) is 5.43. The molecule has 0 aliphatic carbocycles. The topological polar surface area (TPSA) is 17.3 Å². The van der Waals surface area contributed by atoms with Crippen molar-refractivity contribution in [1.82, 2.24) is 9.38 Å². The number of hydrogen-bond acceptors (Lipinski definition) is 1. The molecule has 2 heterocycles. The lowest BCUT2D eigenvalue weighted by Gasteiger charge is -1.90. The normalized spacial score (nSPS) is 10.0. The second-order valence-corrected chi connectivity index (χ2v) is 3.70. The molecule has 2 aromatic heterocycles. The Bertz CT molecular complexity index is 333. The van der Waals surface area contributed by atoms with Crippen LogP contribution in [-0.2, 0) is 0 Å². The Kier molecular flexibility index (Phi) is 4.17. The van der Waals surface area contributed by atoms with Crippen LogP contribution in [0.2, 0.25) is 0 Å². The van der Waals surface area contributed by atoms with Crippen LogP contribution in [0.3, 0.4) is 0 Å². The highest BCUT2D eigenvalue weighted by Crippen LogP contribution is 1.96. The molecule has 0 fully saturated rings. The van der Waals surface area contributed by atoms with Crippen molar-refractivity contribution in [2.75, 3.05) is 0 Å². The summed E-state index contributed by atoms with van der Waals surface area (Å²) in [7, 11) is 0. The molecule has 76 valence electrons. The molecule has 0 amide bonds. The van der Waals surface area contributed by atoms with Crippen molar-refractivity contribution in [2.24, 2.45) is 5.92 Å². The number of imidazole rings is 1. The monoisotopic (exact) mass is 190 g/mol. The van der Waals surface area contributed by atoms with E-state index in [-0.39, 0.29) is 0 Å². The lowest BCUT2D eigenvalue weighted by atomic mass is 10.2. The third kappa shape index (κ3) is 3.21. The number of nitrogens with zero attached hydrogens (tertiary/aromatic N) is 2. The molecule has 0 N–H and O–H groups in total. The first-order valence-corrected chi connectivity index (χ1v) is 5.11. The van der Waals surface area contributed by atoms with Gasteiger partial charge in [-0.1, -0.05) is 33.3 Å². The average molecular weight is 190 g/mol. The first-order chi connectivity index (χ1) is 6.74. The largest absolute Gasteiger partial charge is 0.307 e. The first kappa shape index (κ1) is 10.8. The molecule has 0 radical (unpaired) electrons. The minimum absolute atomic E-state index is 0.884. The Hall–Kier alpha value is -1.31. The quantitative estimate of drug-likeness (QED) is 0.673. The molecule has 2 rings (SSSR count). The van der Waals surface area contributed by atoms with Crippen LogP contribution in [0, 0.1) is 5.92 Å². The smallest absolute Gasteiger partial charge is 0.136 e. The van der Waals surface area contributed by atoms with Crippen molar-refractivity contribution in [3.8, 4) is 0 Å². The molecule has 0 bridgehead atoms. The molecule has 0 atom stereocenters. The van der Waals surface area contributed by atoms with Crippen molar-refractivity contribution in [3.05, 3.63) is 36.8 Å². The fourth-order valence-electron chi connectivity index (χ4n) is 0.864. The van der Waals surface area contributed by atoms with Gasteiger partial charge in [-0.05, 0) is 18.1 Å². The standard InChI is InChI=1S/C7H6N2.C5H12/c1-2-5-9-6-4-8-7(9)3-1;1-4-5(2)3/h1-6H;5H,4H2,1-3H3. The highest BCUT2D eigenvalue weighted by Gasteiger charge is 1.85. The number of aromatic nitrogens is 2. The summed E-state index contributed by atoms with van der Waals surface area (Å²) >= 11 is 0. The van der Waals surface area contributed by atoms with Crippen LogP contribution in [0.15, 0.2) is 36.8 Å². The molecule has 2 aromatic rings. The van der Waals surface area contributed by atoms with Gasteiger partial charge in [-0.3, -0.25) is 0 Å². The summed E-state index contributed by atoms with van der Waals surface area (Å²) < 4.78 is 1.97. The Morgan fingerprint density at radius 2 is 2.00 bits per heavy atom. The number of fused-ring (bicyclic) bond motifs is 1. The lowest BCUT2D eigenvalue weighted by molar-refractivity contribution is 0.626. The molecule has 0 saturated heterocycles. The van der Waals surface area contributed by atoms with Gasteiger partial charge in [-0.2, -0.15) is 0 Å². The molecule has 14 heavy (non-hydrogen) atoms. The van der Waals surface area contributed by atoms with Crippen LogP contribution in [-0.4, -0.2) is 9.38 Å². The van der Waals surface area contributed by atoms with Crippen molar-refractivity contribution in [2.45, 2.75) is 27.2 Å². The maximum absolute atomic E-state index is 4.08. The van der Waals surface area contributed by atoms with E-state index in [1.165, 1.54) is 6.42 Å². The second-order valence-electron chi connectivity index (χ2n) is 3.70. The molecule has 0 aliphatic heterocycles. The SMILES string of the molecule is CCC(C)C.c1ccn2ccnc2c1. The van der Waals surface area contributed by atoms with Gasteiger partial charge in [0.2, 0.25) is 0 Å². The van der Waals surface area contributed by atoms with Gasteiger partial charge in [0, 0.05) is 18.6 Å². The summed E-state index contributed by atoms with van der Waals surface area (Å²) in [5, 5.41) is 0. The number of rotatable bonds is 1. The zero-order valence-corrected chi connectivity index (χ0v) is 9.14. The van der Waals surface area contributed by atoms with Gasteiger partial charge in [0.1, 0.15) is 5.65 Å².